The number of amides is 3. The van der Waals surface area contributed by atoms with E-state index in [2.05, 4.69) is 5.32 Å². The number of carboxylic acids is 1. The van der Waals surface area contributed by atoms with Crippen LogP contribution < -0.4 is 5.32 Å². The average molecular weight is 381 g/mol. The molecule has 2 rings (SSSR count). The predicted molar refractivity (Wildman–Crippen MR) is 98.8 cm³/mol. The van der Waals surface area contributed by atoms with Crippen molar-refractivity contribution in [2.45, 2.75) is 64.3 Å². The van der Waals surface area contributed by atoms with E-state index in [1.165, 1.54) is 24.7 Å². The van der Waals surface area contributed by atoms with Gasteiger partial charge in [-0.2, -0.15) is 0 Å². The van der Waals surface area contributed by atoms with Gasteiger partial charge in [-0.15, -0.1) is 0 Å². The summed E-state index contributed by atoms with van der Waals surface area (Å²) in [5.74, 6) is -1.03. The molecule has 152 valence electrons. The molecule has 0 bridgehead atoms. The van der Waals surface area contributed by atoms with E-state index in [1.54, 1.807) is 4.90 Å². The van der Waals surface area contributed by atoms with E-state index in [9.17, 15) is 19.2 Å². The van der Waals surface area contributed by atoms with Gasteiger partial charge in [0, 0.05) is 32.5 Å². The molecule has 1 saturated heterocycles. The van der Waals surface area contributed by atoms with Crippen LogP contribution >= 0.6 is 0 Å². The highest BCUT2D eigenvalue weighted by Gasteiger charge is 2.27. The quantitative estimate of drug-likeness (QED) is 0.684. The van der Waals surface area contributed by atoms with E-state index in [0.717, 1.165) is 12.8 Å². The van der Waals surface area contributed by atoms with Crippen LogP contribution in [-0.2, 0) is 19.2 Å². The fourth-order valence-electron chi connectivity index (χ4n) is 4.12. The lowest BCUT2D eigenvalue weighted by atomic mass is 10.0. The summed E-state index contributed by atoms with van der Waals surface area (Å²) in [5.41, 5.74) is 0. The highest BCUT2D eigenvalue weighted by Crippen LogP contribution is 2.27. The van der Waals surface area contributed by atoms with Crippen LogP contribution in [-0.4, -0.2) is 70.8 Å². The van der Waals surface area contributed by atoms with Gasteiger partial charge in [-0.05, 0) is 38.0 Å². The Morgan fingerprint density at radius 1 is 1.04 bits per heavy atom. The molecule has 0 aromatic rings. The standard InChI is InChI=1S/C19H31N3O5/c1-14(23)22(13-19(26)27)16-7-4-9-21(10-8-16)18(25)12-20-17(24)11-15-5-2-3-6-15/h15-16H,2-13H2,1H3,(H,20,24)(H,26,27). The second-order valence-corrected chi connectivity index (χ2v) is 7.64. The molecule has 1 heterocycles. The topological polar surface area (TPSA) is 107 Å². The summed E-state index contributed by atoms with van der Waals surface area (Å²) in [6, 6.07) is -0.173. The van der Waals surface area contributed by atoms with E-state index in [-0.39, 0.29) is 36.9 Å². The van der Waals surface area contributed by atoms with Gasteiger partial charge < -0.3 is 20.2 Å². The predicted octanol–water partition coefficient (Wildman–Crippen LogP) is 0.997. The van der Waals surface area contributed by atoms with Crippen LogP contribution in [0.2, 0.25) is 0 Å². The Bertz CT molecular complexity index is 560. The van der Waals surface area contributed by atoms with Crippen LogP contribution in [0.1, 0.15) is 58.3 Å². The number of carbonyl (C=O) groups excluding carboxylic acids is 3. The van der Waals surface area contributed by atoms with Crippen molar-refractivity contribution in [3.63, 3.8) is 0 Å². The van der Waals surface area contributed by atoms with Crippen LogP contribution in [0.15, 0.2) is 0 Å². The van der Waals surface area contributed by atoms with Crippen LogP contribution in [0.5, 0.6) is 0 Å². The first-order valence-electron chi connectivity index (χ1n) is 9.90. The molecule has 1 unspecified atom stereocenters. The number of nitrogens with one attached hydrogen (secondary N) is 1. The first-order chi connectivity index (χ1) is 12.9. The number of carboxylic acid groups (broad SMARTS) is 1. The fourth-order valence-corrected chi connectivity index (χ4v) is 4.12. The molecule has 1 aliphatic carbocycles. The first kappa shape index (κ1) is 21.2. The molecule has 27 heavy (non-hydrogen) atoms. The van der Waals surface area contributed by atoms with E-state index < -0.39 is 5.97 Å². The Labute approximate surface area is 160 Å². The van der Waals surface area contributed by atoms with E-state index in [0.29, 0.717) is 44.7 Å². The van der Waals surface area contributed by atoms with Gasteiger partial charge in [-0.1, -0.05) is 12.8 Å². The number of rotatable bonds is 7. The summed E-state index contributed by atoms with van der Waals surface area (Å²) < 4.78 is 0. The minimum absolute atomic E-state index is 0.00175. The number of aliphatic carboxylic acids is 1. The molecule has 0 radical (unpaired) electrons. The van der Waals surface area contributed by atoms with Gasteiger partial charge in [0.15, 0.2) is 0 Å². The maximum absolute atomic E-state index is 12.4. The van der Waals surface area contributed by atoms with Gasteiger partial charge in [0.05, 0.1) is 6.54 Å². The maximum atomic E-state index is 12.4. The first-order valence-corrected chi connectivity index (χ1v) is 9.90. The number of nitrogens with zero attached hydrogens (tertiary/aromatic N) is 2. The second-order valence-electron chi connectivity index (χ2n) is 7.64. The number of hydrogen-bond donors (Lipinski definition) is 2. The Morgan fingerprint density at radius 2 is 1.74 bits per heavy atom. The lowest BCUT2D eigenvalue weighted by Gasteiger charge is -2.28. The molecule has 1 atom stereocenters. The van der Waals surface area contributed by atoms with Crippen LogP contribution in [0.25, 0.3) is 0 Å². The number of carbonyl (C=O) groups is 4. The zero-order valence-electron chi connectivity index (χ0n) is 16.1. The molecule has 0 aromatic carbocycles. The zero-order chi connectivity index (χ0) is 19.8. The molecule has 0 aromatic heterocycles. The minimum atomic E-state index is -1.03. The largest absolute Gasteiger partial charge is 0.480 e. The molecule has 3 amide bonds. The zero-order valence-corrected chi connectivity index (χ0v) is 16.1. The van der Waals surface area contributed by atoms with Crippen molar-refractivity contribution < 1.29 is 24.3 Å². The van der Waals surface area contributed by atoms with E-state index in [1.807, 2.05) is 0 Å². The molecule has 2 aliphatic rings. The Balaban J connectivity index is 1.78. The SMILES string of the molecule is CC(=O)N(CC(=O)O)C1CCCN(C(=O)CNC(=O)CC2CCCC2)CC1. The van der Waals surface area contributed by atoms with Crippen molar-refractivity contribution in [1.29, 1.82) is 0 Å². The lowest BCUT2D eigenvalue weighted by molar-refractivity contribution is -0.145. The van der Waals surface area contributed by atoms with Crippen molar-refractivity contribution in [3.8, 4) is 0 Å². The molecule has 2 N–H and O–H groups in total. The summed E-state index contributed by atoms with van der Waals surface area (Å²) in [5, 5.41) is 11.7. The Morgan fingerprint density at radius 3 is 2.37 bits per heavy atom. The average Bonchev–Trinajstić information content (AvgIpc) is 2.99. The van der Waals surface area contributed by atoms with Gasteiger partial charge in [0.1, 0.15) is 6.54 Å². The normalized spacial score (nSPS) is 20.8. The molecule has 8 nitrogen and oxygen atoms in total. The van der Waals surface area contributed by atoms with Crippen molar-refractivity contribution in [2.75, 3.05) is 26.2 Å². The summed E-state index contributed by atoms with van der Waals surface area (Å²) in [7, 11) is 0. The highest BCUT2D eigenvalue weighted by atomic mass is 16.4. The molecule has 1 saturated carbocycles. The van der Waals surface area contributed by atoms with Crippen LogP contribution in [0, 0.1) is 5.92 Å². The van der Waals surface area contributed by atoms with Crippen molar-refractivity contribution in [1.82, 2.24) is 15.1 Å². The lowest BCUT2D eigenvalue weighted by Crippen LogP contribution is -2.44. The molecular weight excluding hydrogens is 350 g/mol. The Kier molecular flexibility index (Phi) is 8.06. The second kappa shape index (κ2) is 10.3. The summed E-state index contributed by atoms with van der Waals surface area (Å²) >= 11 is 0. The number of likely N-dealkylation sites (tertiary alicyclic amines) is 1. The van der Waals surface area contributed by atoms with Gasteiger partial charge in [-0.25, -0.2) is 0 Å². The summed E-state index contributed by atoms with van der Waals surface area (Å²) in [6.07, 6.45) is 6.99. The molecular formula is C19H31N3O5. The fraction of sp³-hybridized carbons (Fsp3) is 0.789. The van der Waals surface area contributed by atoms with Crippen LogP contribution in [0.3, 0.4) is 0 Å². The van der Waals surface area contributed by atoms with E-state index >= 15 is 0 Å². The Hall–Kier alpha value is -2.12. The summed E-state index contributed by atoms with van der Waals surface area (Å²) in [4.78, 5) is 50.2. The highest BCUT2D eigenvalue weighted by molar-refractivity contribution is 5.85. The van der Waals surface area contributed by atoms with Gasteiger partial charge in [-0.3, -0.25) is 19.2 Å². The smallest absolute Gasteiger partial charge is 0.323 e. The van der Waals surface area contributed by atoms with Crippen molar-refractivity contribution in [3.05, 3.63) is 0 Å². The number of hydrogen-bond acceptors (Lipinski definition) is 4. The van der Waals surface area contributed by atoms with Gasteiger partial charge in [0.2, 0.25) is 17.7 Å². The van der Waals surface area contributed by atoms with Gasteiger partial charge in [0.25, 0.3) is 0 Å². The summed E-state index contributed by atoms with van der Waals surface area (Å²) in [6.45, 7) is 2.08. The van der Waals surface area contributed by atoms with Gasteiger partial charge >= 0.3 is 5.97 Å². The third kappa shape index (κ3) is 6.84. The third-order valence-electron chi connectivity index (χ3n) is 5.59. The molecule has 1 aliphatic heterocycles. The molecule has 2 fully saturated rings. The monoisotopic (exact) mass is 381 g/mol. The third-order valence-corrected chi connectivity index (χ3v) is 5.59. The molecule has 8 heteroatoms. The minimum Gasteiger partial charge on any atom is -0.480 e. The maximum Gasteiger partial charge on any atom is 0.323 e. The van der Waals surface area contributed by atoms with Crippen molar-refractivity contribution >= 4 is 23.7 Å². The molecule has 0 spiro atoms. The van der Waals surface area contributed by atoms with Crippen molar-refractivity contribution in [2.24, 2.45) is 5.92 Å². The van der Waals surface area contributed by atoms with E-state index in [4.69, 9.17) is 5.11 Å². The van der Waals surface area contributed by atoms with Crippen LogP contribution in [0.4, 0.5) is 0 Å².